The number of carbonyl (C=O) groups excluding carboxylic acids is 2. The van der Waals surface area contributed by atoms with Crippen LogP contribution in [-0.4, -0.2) is 66.9 Å². The first-order chi connectivity index (χ1) is 16.4. The zero-order chi connectivity index (χ0) is 24.1. The molecule has 0 aromatic heterocycles. The van der Waals surface area contributed by atoms with Crippen LogP contribution in [0.2, 0.25) is 0 Å². The maximum absolute atomic E-state index is 12.4. The SMILES string of the molecule is COC1(C(=O)O)CCCN(C(=O)/C=C/CNC(=O)OCC2c3ccccc3-c3ccccc32)C1. The third kappa shape index (κ3) is 4.68. The summed E-state index contributed by atoms with van der Waals surface area (Å²) in [4.78, 5) is 37.7. The van der Waals surface area contributed by atoms with E-state index in [2.05, 4.69) is 29.6 Å². The van der Waals surface area contributed by atoms with E-state index in [9.17, 15) is 19.5 Å². The Morgan fingerprint density at radius 3 is 2.38 bits per heavy atom. The molecule has 0 bridgehead atoms. The van der Waals surface area contributed by atoms with Gasteiger partial charge in [-0.1, -0.05) is 54.6 Å². The van der Waals surface area contributed by atoms with Gasteiger partial charge >= 0.3 is 12.1 Å². The molecule has 1 heterocycles. The number of alkyl carbamates (subject to hydrolysis) is 1. The van der Waals surface area contributed by atoms with Crippen molar-refractivity contribution in [2.45, 2.75) is 24.4 Å². The Morgan fingerprint density at radius 1 is 1.12 bits per heavy atom. The van der Waals surface area contributed by atoms with Gasteiger partial charge in [0.05, 0.1) is 6.54 Å². The normalized spacial score (nSPS) is 19.5. The smallest absolute Gasteiger partial charge is 0.407 e. The van der Waals surface area contributed by atoms with Crippen molar-refractivity contribution in [3.8, 4) is 11.1 Å². The Kier molecular flexibility index (Phi) is 6.98. The lowest BCUT2D eigenvalue weighted by atomic mass is 9.92. The fraction of sp³-hybridized carbons (Fsp3) is 0.346. The number of carbonyl (C=O) groups is 3. The number of benzene rings is 2. The van der Waals surface area contributed by atoms with E-state index in [-0.39, 0.29) is 31.5 Å². The molecular formula is C26H28N2O6. The molecule has 1 fully saturated rings. The highest BCUT2D eigenvalue weighted by Gasteiger charge is 2.43. The fourth-order valence-corrected chi connectivity index (χ4v) is 4.70. The molecule has 1 unspecified atom stereocenters. The highest BCUT2D eigenvalue weighted by molar-refractivity contribution is 5.89. The van der Waals surface area contributed by atoms with Crippen LogP contribution < -0.4 is 5.32 Å². The molecule has 1 aliphatic heterocycles. The highest BCUT2D eigenvalue weighted by Crippen LogP contribution is 2.44. The summed E-state index contributed by atoms with van der Waals surface area (Å²) >= 11 is 0. The average Bonchev–Trinajstić information content (AvgIpc) is 3.18. The molecule has 8 heteroatoms. The minimum atomic E-state index is -1.37. The average molecular weight is 465 g/mol. The summed E-state index contributed by atoms with van der Waals surface area (Å²) < 4.78 is 10.7. The third-order valence-corrected chi connectivity index (χ3v) is 6.52. The van der Waals surface area contributed by atoms with Gasteiger partial charge in [0.1, 0.15) is 6.61 Å². The molecule has 0 radical (unpaired) electrons. The van der Waals surface area contributed by atoms with Gasteiger partial charge in [0.2, 0.25) is 5.91 Å². The van der Waals surface area contributed by atoms with E-state index in [0.717, 1.165) is 22.3 Å². The minimum absolute atomic E-state index is 0.0121. The Hall–Kier alpha value is -3.65. The zero-order valence-corrected chi connectivity index (χ0v) is 19.0. The molecule has 2 aromatic rings. The first-order valence-corrected chi connectivity index (χ1v) is 11.3. The second-order valence-electron chi connectivity index (χ2n) is 8.48. The number of hydrogen-bond donors (Lipinski definition) is 2. The summed E-state index contributed by atoms with van der Waals surface area (Å²) in [7, 11) is 1.34. The highest BCUT2D eigenvalue weighted by atomic mass is 16.5. The largest absolute Gasteiger partial charge is 0.479 e. The molecule has 1 saturated heterocycles. The quantitative estimate of drug-likeness (QED) is 0.610. The summed E-state index contributed by atoms with van der Waals surface area (Å²) in [6.07, 6.45) is 3.18. The topological polar surface area (TPSA) is 105 Å². The van der Waals surface area contributed by atoms with Crippen LogP contribution in [0.25, 0.3) is 11.1 Å². The Labute approximate surface area is 198 Å². The Bertz CT molecular complexity index is 1070. The number of amides is 2. The number of hydrogen-bond acceptors (Lipinski definition) is 5. The lowest BCUT2D eigenvalue weighted by molar-refractivity contribution is -0.170. The molecule has 1 aliphatic carbocycles. The number of nitrogens with one attached hydrogen (secondary N) is 1. The summed E-state index contributed by atoms with van der Waals surface area (Å²) in [5.41, 5.74) is 3.22. The number of fused-ring (bicyclic) bond motifs is 3. The van der Waals surface area contributed by atoms with Crippen LogP contribution in [-0.2, 0) is 19.1 Å². The number of ether oxygens (including phenoxy) is 2. The molecule has 34 heavy (non-hydrogen) atoms. The van der Waals surface area contributed by atoms with Gasteiger partial charge in [-0.2, -0.15) is 0 Å². The maximum atomic E-state index is 12.4. The fourth-order valence-electron chi connectivity index (χ4n) is 4.70. The number of aliphatic carboxylic acids is 1. The number of piperidine rings is 1. The van der Waals surface area contributed by atoms with Crippen LogP contribution in [0, 0.1) is 0 Å². The van der Waals surface area contributed by atoms with Crippen molar-refractivity contribution in [1.29, 1.82) is 0 Å². The standard InChI is InChI=1S/C26H28N2O6/c1-33-26(24(30)31)13-7-15-28(17-26)23(29)12-6-14-27-25(32)34-16-22-20-10-4-2-8-18(20)19-9-3-5-11-21(19)22/h2-6,8-12,22H,7,13-17H2,1H3,(H,27,32)(H,30,31)/b12-6+. The number of likely N-dealkylation sites (tertiary alicyclic amines) is 1. The number of carboxylic acids is 1. The zero-order valence-electron chi connectivity index (χ0n) is 19.0. The molecule has 2 aromatic carbocycles. The van der Waals surface area contributed by atoms with Gasteiger partial charge in [0.25, 0.3) is 0 Å². The molecule has 2 amide bonds. The summed E-state index contributed by atoms with van der Waals surface area (Å²) in [5.74, 6) is -1.42. The third-order valence-electron chi connectivity index (χ3n) is 6.52. The molecule has 0 saturated carbocycles. The lowest BCUT2D eigenvalue weighted by Crippen LogP contribution is -2.55. The van der Waals surface area contributed by atoms with Crippen molar-refractivity contribution < 1.29 is 29.0 Å². The van der Waals surface area contributed by atoms with Gasteiger partial charge in [-0.3, -0.25) is 4.79 Å². The second-order valence-corrected chi connectivity index (χ2v) is 8.48. The molecule has 178 valence electrons. The van der Waals surface area contributed by atoms with Crippen LogP contribution in [0.1, 0.15) is 29.9 Å². The molecule has 4 rings (SSSR count). The van der Waals surface area contributed by atoms with E-state index >= 15 is 0 Å². The molecule has 2 N–H and O–H groups in total. The Morgan fingerprint density at radius 2 is 1.76 bits per heavy atom. The van der Waals surface area contributed by atoms with E-state index in [1.165, 1.54) is 24.2 Å². The molecule has 1 atom stereocenters. The van der Waals surface area contributed by atoms with E-state index < -0.39 is 17.7 Å². The van der Waals surface area contributed by atoms with Crippen LogP contribution in [0.5, 0.6) is 0 Å². The van der Waals surface area contributed by atoms with E-state index in [1.54, 1.807) is 0 Å². The first kappa shape index (κ1) is 23.5. The molecule has 0 spiro atoms. The molecule has 2 aliphatic rings. The number of nitrogens with zero attached hydrogens (tertiary/aromatic N) is 1. The van der Waals surface area contributed by atoms with Crippen LogP contribution >= 0.6 is 0 Å². The van der Waals surface area contributed by atoms with Crippen molar-refractivity contribution in [3.05, 3.63) is 71.8 Å². The second kappa shape index (κ2) is 10.1. The summed E-state index contributed by atoms with van der Waals surface area (Å²) in [6, 6.07) is 16.2. The summed E-state index contributed by atoms with van der Waals surface area (Å²) in [5, 5.41) is 12.1. The van der Waals surface area contributed by atoms with Gasteiger partial charge < -0.3 is 24.8 Å². The van der Waals surface area contributed by atoms with Crippen LogP contribution in [0.4, 0.5) is 4.79 Å². The minimum Gasteiger partial charge on any atom is -0.479 e. The van der Waals surface area contributed by atoms with Gasteiger partial charge in [-0.05, 0) is 35.1 Å². The van der Waals surface area contributed by atoms with Crippen LogP contribution in [0.3, 0.4) is 0 Å². The summed E-state index contributed by atoms with van der Waals surface area (Å²) in [6.45, 7) is 0.776. The monoisotopic (exact) mass is 464 g/mol. The van der Waals surface area contributed by atoms with E-state index in [0.29, 0.717) is 19.4 Å². The van der Waals surface area contributed by atoms with Gasteiger partial charge in [-0.15, -0.1) is 0 Å². The van der Waals surface area contributed by atoms with Crippen LogP contribution in [0.15, 0.2) is 60.7 Å². The van der Waals surface area contributed by atoms with Crippen molar-refractivity contribution in [1.82, 2.24) is 10.2 Å². The number of carboxylic acid groups (broad SMARTS) is 1. The molecular weight excluding hydrogens is 436 g/mol. The predicted octanol–water partition coefficient (Wildman–Crippen LogP) is 3.17. The van der Waals surface area contributed by atoms with E-state index in [1.807, 2.05) is 24.3 Å². The van der Waals surface area contributed by atoms with Gasteiger partial charge in [-0.25, -0.2) is 9.59 Å². The number of rotatable bonds is 7. The molecule has 8 nitrogen and oxygen atoms in total. The number of methoxy groups -OCH3 is 1. The van der Waals surface area contributed by atoms with Gasteiger partial charge in [0, 0.05) is 32.2 Å². The van der Waals surface area contributed by atoms with Crippen molar-refractivity contribution in [2.24, 2.45) is 0 Å². The van der Waals surface area contributed by atoms with Crippen molar-refractivity contribution in [3.63, 3.8) is 0 Å². The van der Waals surface area contributed by atoms with Crippen molar-refractivity contribution >= 4 is 18.0 Å². The van der Waals surface area contributed by atoms with E-state index in [4.69, 9.17) is 9.47 Å². The lowest BCUT2D eigenvalue weighted by Gasteiger charge is -2.38. The first-order valence-electron chi connectivity index (χ1n) is 11.3. The predicted molar refractivity (Wildman–Crippen MR) is 125 cm³/mol. The van der Waals surface area contributed by atoms with Gasteiger partial charge in [0.15, 0.2) is 5.60 Å². The Balaban J connectivity index is 1.27. The van der Waals surface area contributed by atoms with Crippen molar-refractivity contribution in [2.75, 3.05) is 33.4 Å². The maximum Gasteiger partial charge on any atom is 0.407 e.